The lowest BCUT2D eigenvalue weighted by atomic mass is 9.99. The van der Waals surface area contributed by atoms with Crippen molar-refractivity contribution in [1.29, 1.82) is 0 Å². The molecule has 7 nitrogen and oxygen atoms in total. The summed E-state index contributed by atoms with van der Waals surface area (Å²) in [6, 6.07) is 10.1. The van der Waals surface area contributed by atoms with Crippen LogP contribution in [0.15, 0.2) is 39.9 Å². The SMILES string of the molecule is Cc1nc2c(c(C)c1CCC(=O)NC[C@H](C)c1ccccc1)c(=O)n(C)c(=O)n2C. The summed E-state index contributed by atoms with van der Waals surface area (Å²) in [4.78, 5) is 41.8. The topological polar surface area (TPSA) is 86.0 Å². The van der Waals surface area contributed by atoms with Crippen LogP contribution in [0.25, 0.3) is 11.0 Å². The molecule has 3 rings (SSSR count). The number of benzene rings is 1. The van der Waals surface area contributed by atoms with Gasteiger partial charge in [-0.3, -0.25) is 18.7 Å². The van der Waals surface area contributed by atoms with Gasteiger partial charge in [0.25, 0.3) is 5.56 Å². The van der Waals surface area contributed by atoms with Crippen LogP contribution in [0.1, 0.15) is 41.6 Å². The Balaban J connectivity index is 1.77. The number of hydrogen-bond acceptors (Lipinski definition) is 4. The Hall–Kier alpha value is -3.22. The molecule has 3 aromatic rings. The summed E-state index contributed by atoms with van der Waals surface area (Å²) >= 11 is 0. The minimum atomic E-state index is -0.404. The van der Waals surface area contributed by atoms with Crippen LogP contribution in [0, 0.1) is 13.8 Å². The predicted octanol–water partition coefficient (Wildman–Crippen LogP) is 2.10. The Labute approximate surface area is 175 Å². The third kappa shape index (κ3) is 4.06. The number of aryl methyl sites for hydroxylation is 3. The fraction of sp³-hybridized carbons (Fsp3) is 0.391. The Morgan fingerprint density at radius 1 is 1.10 bits per heavy atom. The molecule has 0 fully saturated rings. The fourth-order valence-electron chi connectivity index (χ4n) is 3.80. The quantitative estimate of drug-likeness (QED) is 0.677. The third-order valence-corrected chi connectivity index (χ3v) is 5.75. The standard InChI is InChI=1S/C23H28N4O3/c1-14(17-9-7-6-8-10-17)13-24-19(28)12-11-18-15(2)20-21(25-16(18)3)26(4)23(30)27(5)22(20)29/h6-10,14H,11-13H2,1-5H3,(H,24,28)/t14-/m0/s1. The van der Waals surface area contributed by atoms with Crippen LogP contribution in [0.3, 0.4) is 0 Å². The van der Waals surface area contributed by atoms with Crippen molar-refractivity contribution in [2.75, 3.05) is 6.54 Å². The van der Waals surface area contributed by atoms with E-state index in [1.54, 1.807) is 7.05 Å². The first kappa shape index (κ1) is 21.5. The highest BCUT2D eigenvalue weighted by atomic mass is 16.2. The van der Waals surface area contributed by atoms with E-state index in [1.165, 1.54) is 17.2 Å². The zero-order valence-corrected chi connectivity index (χ0v) is 18.2. The van der Waals surface area contributed by atoms with Gasteiger partial charge < -0.3 is 5.32 Å². The molecule has 0 radical (unpaired) electrons. The second-order valence-corrected chi connectivity index (χ2v) is 7.82. The maximum atomic E-state index is 12.7. The van der Waals surface area contributed by atoms with E-state index >= 15 is 0 Å². The molecular formula is C23H28N4O3. The van der Waals surface area contributed by atoms with Crippen LogP contribution in [-0.4, -0.2) is 26.6 Å². The smallest absolute Gasteiger partial charge is 0.332 e. The average molecular weight is 409 g/mol. The lowest BCUT2D eigenvalue weighted by Gasteiger charge is -2.15. The lowest BCUT2D eigenvalue weighted by molar-refractivity contribution is -0.121. The second kappa shape index (κ2) is 8.65. The van der Waals surface area contributed by atoms with Crippen LogP contribution < -0.4 is 16.6 Å². The average Bonchev–Trinajstić information content (AvgIpc) is 2.74. The summed E-state index contributed by atoms with van der Waals surface area (Å²) in [5.41, 5.74) is 3.18. The fourth-order valence-corrected chi connectivity index (χ4v) is 3.80. The van der Waals surface area contributed by atoms with Gasteiger partial charge in [0.1, 0.15) is 5.65 Å². The Morgan fingerprint density at radius 2 is 1.77 bits per heavy atom. The van der Waals surface area contributed by atoms with Gasteiger partial charge in [-0.05, 0) is 42.9 Å². The van der Waals surface area contributed by atoms with Gasteiger partial charge in [-0.15, -0.1) is 0 Å². The number of rotatable bonds is 6. The number of carbonyl (C=O) groups is 1. The summed E-state index contributed by atoms with van der Waals surface area (Å²) in [5, 5.41) is 3.42. The van der Waals surface area contributed by atoms with E-state index in [-0.39, 0.29) is 17.4 Å². The lowest BCUT2D eigenvalue weighted by Crippen LogP contribution is -2.38. The molecule has 0 aliphatic heterocycles. The van der Waals surface area contributed by atoms with E-state index in [0.29, 0.717) is 30.4 Å². The Bertz CT molecular complexity index is 1210. The van der Waals surface area contributed by atoms with Crippen molar-refractivity contribution in [3.8, 4) is 0 Å². The van der Waals surface area contributed by atoms with Gasteiger partial charge >= 0.3 is 5.69 Å². The molecule has 30 heavy (non-hydrogen) atoms. The summed E-state index contributed by atoms with van der Waals surface area (Å²) in [6.07, 6.45) is 0.792. The molecule has 2 aromatic heterocycles. The molecule has 1 N–H and O–H groups in total. The van der Waals surface area contributed by atoms with Gasteiger partial charge in [0.15, 0.2) is 0 Å². The van der Waals surface area contributed by atoms with Crippen molar-refractivity contribution >= 4 is 16.9 Å². The van der Waals surface area contributed by atoms with Gasteiger partial charge in [0, 0.05) is 32.8 Å². The highest BCUT2D eigenvalue weighted by Crippen LogP contribution is 2.20. The number of carbonyl (C=O) groups excluding carboxylic acids is 1. The van der Waals surface area contributed by atoms with E-state index in [1.807, 2.05) is 32.0 Å². The minimum Gasteiger partial charge on any atom is -0.355 e. The number of fused-ring (bicyclic) bond motifs is 1. The first-order chi connectivity index (χ1) is 14.2. The molecule has 0 unspecified atom stereocenters. The van der Waals surface area contributed by atoms with Gasteiger partial charge in [0.05, 0.1) is 5.39 Å². The number of nitrogens with zero attached hydrogens (tertiary/aromatic N) is 3. The number of pyridine rings is 1. The monoisotopic (exact) mass is 408 g/mol. The summed E-state index contributed by atoms with van der Waals surface area (Å²) < 4.78 is 2.48. The molecule has 0 bridgehead atoms. The number of hydrogen-bond donors (Lipinski definition) is 1. The van der Waals surface area contributed by atoms with Crippen LogP contribution in [0.5, 0.6) is 0 Å². The molecule has 0 saturated heterocycles. The maximum absolute atomic E-state index is 12.7. The molecule has 2 heterocycles. The van der Waals surface area contributed by atoms with Crippen molar-refractivity contribution in [3.05, 3.63) is 73.6 Å². The third-order valence-electron chi connectivity index (χ3n) is 5.75. The molecule has 0 spiro atoms. The van der Waals surface area contributed by atoms with E-state index in [9.17, 15) is 14.4 Å². The Morgan fingerprint density at radius 3 is 2.43 bits per heavy atom. The second-order valence-electron chi connectivity index (χ2n) is 7.82. The van der Waals surface area contributed by atoms with Gasteiger partial charge in [-0.1, -0.05) is 37.3 Å². The molecule has 0 aliphatic carbocycles. The molecule has 1 aromatic carbocycles. The molecule has 0 aliphatic rings. The van der Waals surface area contributed by atoms with Crippen LogP contribution in [0.2, 0.25) is 0 Å². The van der Waals surface area contributed by atoms with Crippen LogP contribution in [0.4, 0.5) is 0 Å². The van der Waals surface area contributed by atoms with E-state index < -0.39 is 5.69 Å². The zero-order chi connectivity index (χ0) is 22.0. The largest absolute Gasteiger partial charge is 0.355 e. The highest BCUT2D eigenvalue weighted by Gasteiger charge is 2.17. The predicted molar refractivity (Wildman–Crippen MR) is 118 cm³/mol. The van der Waals surface area contributed by atoms with E-state index in [0.717, 1.165) is 21.4 Å². The minimum absolute atomic E-state index is 0.0370. The zero-order valence-electron chi connectivity index (χ0n) is 18.2. The molecule has 1 atom stereocenters. The normalized spacial score (nSPS) is 12.2. The summed E-state index contributed by atoms with van der Waals surface area (Å²) in [5.74, 6) is 0.190. The van der Waals surface area contributed by atoms with Crippen molar-refractivity contribution in [1.82, 2.24) is 19.4 Å². The molecule has 0 saturated carbocycles. The number of nitrogens with one attached hydrogen (secondary N) is 1. The van der Waals surface area contributed by atoms with Gasteiger partial charge in [0.2, 0.25) is 5.91 Å². The summed E-state index contributed by atoms with van der Waals surface area (Å²) in [6.45, 7) is 6.35. The van der Waals surface area contributed by atoms with Crippen molar-refractivity contribution < 1.29 is 4.79 Å². The maximum Gasteiger partial charge on any atom is 0.332 e. The van der Waals surface area contributed by atoms with Gasteiger partial charge in [-0.2, -0.15) is 0 Å². The van der Waals surface area contributed by atoms with Crippen molar-refractivity contribution in [3.63, 3.8) is 0 Å². The summed E-state index contributed by atoms with van der Waals surface area (Å²) in [7, 11) is 3.07. The molecule has 158 valence electrons. The molecule has 7 heteroatoms. The van der Waals surface area contributed by atoms with Crippen LogP contribution in [-0.2, 0) is 25.3 Å². The number of aromatic nitrogens is 3. The Kier molecular flexibility index (Phi) is 6.20. The van der Waals surface area contributed by atoms with Crippen molar-refractivity contribution in [2.24, 2.45) is 14.1 Å². The molecular weight excluding hydrogens is 380 g/mol. The van der Waals surface area contributed by atoms with Crippen molar-refractivity contribution in [2.45, 2.75) is 39.5 Å². The van der Waals surface area contributed by atoms with E-state index in [2.05, 4.69) is 29.4 Å². The highest BCUT2D eigenvalue weighted by molar-refractivity contribution is 5.80. The van der Waals surface area contributed by atoms with Crippen LogP contribution >= 0.6 is 0 Å². The van der Waals surface area contributed by atoms with E-state index in [4.69, 9.17) is 0 Å². The molecule has 1 amide bonds. The first-order valence-electron chi connectivity index (χ1n) is 10.1. The number of amides is 1. The van der Waals surface area contributed by atoms with Gasteiger partial charge in [-0.25, -0.2) is 9.78 Å². The first-order valence-corrected chi connectivity index (χ1v) is 10.1.